The second-order valence-electron chi connectivity index (χ2n) is 4.47. The van der Waals surface area contributed by atoms with Crippen LogP contribution in [0.25, 0.3) is 0 Å². The fourth-order valence-corrected chi connectivity index (χ4v) is 1.82. The molecule has 1 aromatic rings. The van der Waals surface area contributed by atoms with Crippen LogP contribution in [0.15, 0.2) is 24.3 Å². The topological polar surface area (TPSA) is 66.4 Å². The number of hydrogen-bond acceptors (Lipinski definition) is 2. The maximum absolute atomic E-state index is 11.6. The van der Waals surface area contributed by atoms with E-state index in [0.717, 1.165) is 5.56 Å². The van der Waals surface area contributed by atoms with Crippen molar-refractivity contribution in [1.29, 1.82) is 0 Å². The first-order chi connectivity index (χ1) is 9.00. The smallest absolute Gasteiger partial charge is 0.306 e. The highest BCUT2D eigenvalue weighted by Gasteiger charge is 2.11. The fourth-order valence-electron chi connectivity index (χ4n) is 1.59. The van der Waals surface area contributed by atoms with Crippen molar-refractivity contribution >= 4 is 23.5 Å². The Balaban J connectivity index is 2.25. The van der Waals surface area contributed by atoms with E-state index in [1.807, 2.05) is 18.2 Å². The molecule has 1 amide bonds. The van der Waals surface area contributed by atoms with Gasteiger partial charge in [-0.15, -0.1) is 0 Å². The first kappa shape index (κ1) is 15.5. The first-order valence-corrected chi connectivity index (χ1v) is 6.61. The van der Waals surface area contributed by atoms with Gasteiger partial charge in [0.15, 0.2) is 0 Å². The van der Waals surface area contributed by atoms with E-state index in [-0.39, 0.29) is 5.91 Å². The van der Waals surface area contributed by atoms with E-state index < -0.39 is 11.9 Å². The Morgan fingerprint density at radius 3 is 2.68 bits per heavy atom. The SMILES string of the molecule is CC(CCNC(=O)CCc1ccccc1Cl)C(=O)O. The molecule has 1 unspecified atom stereocenters. The Morgan fingerprint density at radius 2 is 2.05 bits per heavy atom. The number of carbonyl (C=O) groups is 2. The van der Waals surface area contributed by atoms with Gasteiger partial charge < -0.3 is 10.4 Å². The van der Waals surface area contributed by atoms with E-state index in [4.69, 9.17) is 16.7 Å². The van der Waals surface area contributed by atoms with Crippen molar-refractivity contribution in [2.75, 3.05) is 6.54 Å². The number of carbonyl (C=O) groups excluding carboxylic acids is 1. The van der Waals surface area contributed by atoms with E-state index in [1.54, 1.807) is 13.0 Å². The minimum atomic E-state index is -0.842. The third kappa shape index (κ3) is 5.75. The molecule has 0 aliphatic carbocycles. The number of hydrogen-bond donors (Lipinski definition) is 2. The molecule has 0 aliphatic heterocycles. The Bertz CT molecular complexity index is 448. The molecule has 0 saturated carbocycles. The van der Waals surface area contributed by atoms with Crippen molar-refractivity contribution in [3.63, 3.8) is 0 Å². The molecule has 0 spiro atoms. The molecule has 5 heteroatoms. The van der Waals surface area contributed by atoms with Gasteiger partial charge in [0.25, 0.3) is 0 Å². The summed E-state index contributed by atoms with van der Waals surface area (Å²) in [6.45, 7) is 2.01. The highest BCUT2D eigenvalue weighted by Crippen LogP contribution is 2.16. The average molecular weight is 284 g/mol. The van der Waals surface area contributed by atoms with E-state index >= 15 is 0 Å². The molecule has 0 heterocycles. The summed E-state index contributed by atoms with van der Waals surface area (Å²) in [6.07, 6.45) is 1.37. The molecular formula is C14H18ClNO3. The van der Waals surface area contributed by atoms with Crippen molar-refractivity contribution < 1.29 is 14.7 Å². The van der Waals surface area contributed by atoms with Crippen molar-refractivity contribution in [2.45, 2.75) is 26.2 Å². The van der Waals surface area contributed by atoms with E-state index in [2.05, 4.69) is 5.32 Å². The second-order valence-corrected chi connectivity index (χ2v) is 4.88. The van der Waals surface area contributed by atoms with Gasteiger partial charge in [0.1, 0.15) is 0 Å². The van der Waals surface area contributed by atoms with Gasteiger partial charge >= 0.3 is 5.97 Å². The zero-order chi connectivity index (χ0) is 14.3. The predicted octanol–water partition coefficient (Wildman–Crippen LogP) is 2.50. The van der Waals surface area contributed by atoms with Crippen molar-refractivity contribution in [2.24, 2.45) is 5.92 Å². The Kier molecular flexibility index (Phi) is 6.36. The fraction of sp³-hybridized carbons (Fsp3) is 0.429. The van der Waals surface area contributed by atoms with Crippen molar-refractivity contribution in [3.05, 3.63) is 34.9 Å². The molecular weight excluding hydrogens is 266 g/mol. The maximum atomic E-state index is 11.6. The van der Waals surface area contributed by atoms with Crippen molar-refractivity contribution in [1.82, 2.24) is 5.32 Å². The van der Waals surface area contributed by atoms with Gasteiger partial charge in [0.2, 0.25) is 5.91 Å². The van der Waals surface area contributed by atoms with Crippen LogP contribution < -0.4 is 5.32 Å². The minimum absolute atomic E-state index is 0.0856. The average Bonchev–Trinajstić information content (AvgIpc) is 2.37. The summed E-state index contributed by atoms with van der Waals surface area (Å²) in [4.78, 5) is 22.2. The van der Waals surface area contributed by atoms with Crippen LogP contribution >= 0.6 is 11.6 Å². The maximum Gasteiger partial charge on any atom is 0.306 e. The van der Waals surface area contributed by atoms with Gasteiger partial charge in [-0.2, -0.15) is 0 Å². The Labute approximate surface area is 117 Å². The second kappa shape index (κ2) is 7.79. The number of nitrogens with one attached hydrogen (secondary N) is 1. The number of halogens is 1. The Morgan fingerprint density at radius 1 is 1.37 bits per heavy atom. The highest BCUT2D eigenvalue weighted by molar-refractivity contribution is 6.31. The predicted molar refractivity (Wildman–Crippen MR) is 74.2 cm³/mol. The molecule has 0 saturated heterocycles. The number of carboxylic acid groups (broad SMARTS) is 1. The normalized spacial score (nSPS) is 11.9. The molecule has 1 atom stereocenters. The number of aryl methyl sites for hydroxylation is 1. The van der Waals surface area contributed by atoms with Gasteiger partial charge in [-0.3, -0.25) is 9.59 Å². The van der Waals surface area contributed by atoms with E-state index in [0.29, 0.717) is 30.8 Å². The van der Waals surface area contributed by atoms with Crippen LogP contribution in [0.2, 0.25) is 5.02 Å². The summed E-state index contributed by atoms with van der Waals surface area (Å²) < 4.78 is 0. The lowest BCUT2D eigenvalue weighted by atomic mass is 10.1. The zero-order valence-corrected chi connectivity index (χ0v) is 11.6. The number of carboxylic acids is 1. The molecule has 2 N–H and O–H groups in total. The molecule has 1 aromatic carbocycles. The summed E-state index contributed by atoms with van der Waals surface area (Å²) >= 11 is 5.99. The molecule has 0 aliphatic rings. The van der Waals surface area contributed by atoms with Crippen LogP contribution in [-0.2, 0) is 16.0 Å². The van der Waals surface area contributed by atoms with E-state index in [1.165, 1.54) is 0 Å². The quantitative estimate of drug-likeness (QED) is 0.808. The summed E-state index contributed by atoms with van der Waals surface area (Å²) in [5.74, 6) is -1.37. The van der Waals surface area contributed by atoms with Gasteiger partial charge in [-0.25, -0.2) is 0 Å². The van der Waals surface area contributed by atoms with Crippen LogP contribution in [-0.4, -0.2) is 23.5 Å². The summed E-state index contributed by atoms with van der Waals surface area (Å²) in [6, 6.07) is 7.41. The third-order valence-electron chi connectivity index (χ3n) is 2.90. The number of amides is 1. The van der Waals surface area contributed by atoms with E-state index in [9.17, 15) is 9.59 Å². The summed E-state index contributed by atoms with van der Waals surface area (Å²) in [7, 11) is 0. The number of benzene rings is 1. The van der Waals surface area contributed by atoms with Gasteiger partial charge in [0.05, 0.1) is 5.92 Å². The first-order valence-electron chi connectivity index (χ1n) is 6.23. The molecule has 104 valence electrons. The van der Waals surface area contributed by atoms with Crippen molar-refractivity contribution in [3.8, 4) is 0 Å². The van der Waals surface area contributed by atoms with Crippen LogP contribution in [0.1, 0.15) is 25.3 Å². The largest absolute Gasteiger partial charge is 0.481 e. The standard InChI is InChI=1S/C14H18ClNO3/c1-10(14(18)19)8-9-16-13(17)7-6-11-4-2-3-5-12(11)15/h2-5,10H,6-9H2,1H3,(H,16,17)(H,18,19). The molecule has 0 radical (unpaired) electrons. The van der Waals surface area contributed by atoms with Gasteiger partial charge in [0, 0.05) is 18.0 Å². The lowest BCUT2D eigenvalue weighted by molar-refractivity contribution is -0.141. The summed E-state index contributed by atoms with van der Waals surface area (Å²) in [5, 5.41) is 12.1. The van der Waals surface area contributed by atoms with Gasteiger partial charge in [-0.05, 0) is 24.5 Å². The lowest BCUT2D eigenvalue weighted by Gasteiger charge is -2.08. The highest BCUT2D eigenvalue weighted by atomic mass is 35.5. The van der Waals surface area contributed by atoms with Crippen LogP contribution in [0.5, 0.6) is 0 Å². The van der Waals surface area contributed by atoms with Crippen LogP contribution in [0.4, 0.5) is 0 Å². The molecule has 0 fully saturated rings. The number of rotatable bonds is 7. The lowest BCUT2D eigenvalue weighted by Crippen LogP contribution is -2.27. The minimum Gasteiger partial charge on any atom is -0.481 e. The monoisotopic (exact) mass is 283 g/mol. The Hall–Kier alpha value is -1.55. The molecule has 4 nitrogen and oxygen atoms in total. The zero-order valence-electron chi connectivity index (χ0n) is 10.9. The van der Waals surface area contributed by atoms with Crippen LogP contribution in [0, 0.1) is 5.92 Å². The summed E-state index contributed by atoms with van der Waals surface area (Å²) in [5.41, 5.74) is 0.943. The molecule has 19 heavy (non-hydrogen) atoms. The molecule has 0 bridgehead atoms. The third-order valence-corrected chi connectivity index (χ3v) is 3.27. The molecule has 0 aromatic heterocycles. The molecule has 1 rings (SSSR count). The number of aliphatic carboxylic acids is 1. The van der Waals surface area contributed by atoms with Gasteiger partial charge in [-0.1, -0.05) is 36.7 Å². The van der Waals surface area contributed by atoms with Crippen LogP contribution in [0.3, 0.4) is 0 Å².